The topological polar surface area (TPSA) is 147 Å². The van der Waals surface area contributed by atoms with Crippen LogP contribution in [0.15, 0.2) is 23.3 Å². The summed E-state index contributed by atoms with van der Waals surface area (Å²) in [7, 11) is 0. The Balaban J connectivity index is 1.05. The van der Waals surface area contributed by atoms with Gasteiger partial charge in [0.2, 0.25) is 0 Å². The maximum absolute atomic E-state index is 13.6. The standard InChI is InChI=1S/C43H60O9/c1-4-34(47)32-11-9-30-28-7-5-24-17-26(45)13-15-40(24,2)38(28)35(48)19-42(30,32)22-51-52-23-43-20-36(49)39-29(31(43)10-12-33(43)37(50)21-44)8-6-25-18-27(46)14-16-41(25,39)3/h17-18,28-33,35-36,38-39,44,48-49H,4-16,19-23H2,1-3H3/t28?,29?,30?,31?,32-,33-,35+,36+,38?,39?,40+,41+,42-,43-/m1/s1. The Hall–Kier alpha value is -2.04. The number of carbonyl (C=O) groups excluding carboxylic acids is 4. The minimum Gasteiger partial charge on any atom is -0.393 e. The number of fused-ring (bicyclic) bond motifs is 10. The van der Waals surface area contributed by atoms with E-state index in [0.717, 1.165) is 63.4 Å². The van der Waals surface area contributed by atoms with Gasteiger partial charge in [0.1, 0.15) is 12.4 Å². The zero-order valence-electron chi connectivity index (χ0n) is 31.4. The smallest absolute Gasteiger partial charge is 0.161 e. The molecule has 286 valence electrons. The molecule has 0 bridgehead atoms. The maximum Gasteiger partial charge on any atom is 0.161 e. The number of Topliss-reactive ketones (excluding diaryl/α,β-unsaturated/α-hetero) is 2. The highest BCUT2D eigenvalue weighted by Crippen LogP contribution is 2.69. The molecule has 9 nitrogen and oxygen atoms in total. The fourth-order valence-electron chi connectivity index (χ4n) is 15.1. The summed E-state index contributed by atoms with van der Waals surface area (Å²) in [6.45, 7) is 6.12. The van der Waals surface area contributed by atoms with Gasteiger partial charge in [-0.1, -0.05) is 31.9 Å². The van der Waals surface area contributed by atoms with E-state index in [2.05, 4.69) is 13.8 Å². The molecule has 0 aliphatic heterocycles. The van der Waals surface area contributed by atoms with Crippen molar-refractivity contribution in [3.05, 3.63) is 23.3 Å². The number of hydrogen-bond donors (Lipinski definition) is 3. The summed E-state index contributed by atoms with van der Waals surface area (Å²) < 4.78 is 0. The summed E-state index contributed by atoms with van der Waals surface area (Å²) in [5.74, 6) is 0.368. The Bertz CT molecular complexity index is 1450. The fourth-order valence-corrected chi connectivity index (χ4v) is 15.1. The lowest BCUT2D eigenvalue weighted by Crippen LogP contribution is -2.59. The molecular formula is C43H60O9. The minimum atomic E-state index is -0.690. The SMILES string of the molecule is CCC(=O)[C@H]1CCC2C3CCC4=CC(=O)CC[C@]4(C)C3[C@@H](O)C[C@@]21COOC[C@]12C[C@H](O)C3C(CCC4=CC(=O)CC[C@@]43C)C1CC[C@@H]2C(=O)CO. The van der Waals surface area contributed by atoms with Crippen molar-refractivity contribution in [3.8, 4) is 0 Å². The summed E-state index contributed by atoms with van der Waals surface area (Å²) in [5, 5.41) is 34.2. The van der Waals surface area contributed by atoms with Gasteiger partial charge in [-0.25, -0.2) is 9.78 Å². The lowest BCUT2D eigenvalue weighted by molar-refractivity contribution is -0.344. The van der Waals surface area contributed by atoms with E-state index in [-0.39, 0.29) is 88.6 Å². The second kappa shape index (κ2) is 13.3. The molecule has 8 aliphatic carbocycles. The molecule has 0 saturated heterocycles. The highest BCUT2D eigenvalue weighted by molar-refractivity contribution is 5.92. The van der Waals surface area contributed by atoms with Crippen LogP contribution in [0.25, 0.3) is 0 Å². The van der Waals surface area contributed by atoms with Crippen LogP contribution in [0.1, 0.15) is 117 Å². The number of allylic oxidation sites excluding steroid dienone is 2. The summed E-state index contributed by atoms with van der Waals surface area (Å²) in [6.07, 6.45) is 12.6. The molecule has 52 heavy (non-hydrogen) atoms. The molecule has 0 amide bonds. The predicted octanol–water partition coefficient (Wildman–Crippen LogP) is 5.67. The Morgan fingerprint density at radius 1 is 0.692 bits per heavy atom. The third-order valence-corrected chi connectivity index (χ3v) is 17.3. The third-order valence-electron chi connectivity index (χ3n) is 17.3. The van der Waals surface area contributed by atoms with E-state index in [1.807, 2.05) is 19.1 Å². The van der Waals surface area contributed by atoms with E-state index in [0.29, 0.717) is 38.5 Å². The molecule has 0 spiro atoms. The van der Waals surface area contributed by atoms with Crippen LogP contribution in [-0.4, -0.2) is 70.5 Å². The van der Waals surface area contributed by atoms with Crippen LogP contribution in [0.2, 0.25) is 0 Å². The van der Waals surface area contributed by atoms with Crippen LogP contribution < -0.4 is 0 Å². The molecule has 8 rings (SSSR count). The number of aliphatic hydroxyl groups excluding tert-OH is 3. The van der Waals surface area contributed by atoms with Crippen molar-refractivity contribution in [1.82, 2.24) is 0 Å². The molecule has 9 heteroatoms. The molecule has 6 saturated carbocycles. The van der Waals surface area contributed by atoms with Gasteiger partial charge in [0, 0.05) is 41.9 Å². The molecule has 0 aromatic rings. The van der Waals surface area contributed by atoms with E-state index in [4.69, 9.17) is 9.78 Å². The van der Waals surface area contributed by atoms with Crippen LogP contribution in [-0.2, 0) is 29.0 Å². The minimum absolute atomic E-state index is 0.00626. The first-order valence-electron chi connectivity index (χ1n) is 20.6. The Morgan fingerprint density at radius 2 is 1.13 bits per heavy atom. The van der Waals surface area contributed by atoms with Gasteiger partial charge in [-0.15, -0.1) is 0 Å². The quantitative estimate of drug-likeness (QED) is 0.156. The highest BCUT2D eigenvalue weighted by Gasteiger charge is 2.67. The summed E-state index contributed by atoms with van der Waals surface area (Å²) in [4.78, 5) is 64.4. The fraction of sp³-hybridized carbons (Fsp3) is 0.814. The van der Waals surface area contributed by atoms with Gasteiger partial charge >= 0.3 is 0 Å². The Kier molecular flexibility index (Phi) is 9.45. The average molecular weight is 721 g/mol. The second-order valence-corrected chi connectivity index (χ2v) is 19.0. The molecule has 8 aliphatic rings. The van der Waals surface area contributed by atoms with Crippen molar-refractivity contribution >= 4 is 23.1 Å². The van der Waals surface area contributed by atoms with Gasteiger partial charge in [0.15, 0.2) is 17.3 Å². The van der Waals surface area contributed by atoms with Crippen LogP contribution in [0, 0.1) is 69.0 Å². The van der Waals surface area contributed by atoms with Gasteiger partial charge in [-0.05, 0) is 136 Å². The normalized spacial score (nSPS) is 48.0. The van der Waals surface area contributed by atoms with Crippen molar-refractivity contribution in [2.24, 2.45) is 69.0 Å². The van der Waals surface area contributed by atoms with Crippen LogP contribution in [0.5, 0.6) is 0 Å². The van der Waals surface area contributed by atoms with Crippen LogP contribution in [0.4, 0.5) is 0 Å². The molecule has 6 fully saturated rings. The highest BCUT2D eigenvalue weighted by atomic mass is 17.2. The average Bonchev–Trinajstić information content (AvgIpc) is 3.68. The largest absolute Gasteiger partial charge is 0.393 e. The predicted molar refractivity (Wildman–Crippen MR) is 191 cm³/mol. The van der Waals surface area contributed by atoms with Gasteiger partial charge in [0.25, 0.3) is 0 Å². The molecule has 0 heterocycles. The lowest BCUT2D eigenvalue weighted by atomic mass is 9.45. The third kappa shape index (κ3) is 5.32. The lowest BCUT2D eigenvalue weighted by Gasteiger charge is -2.60. The van der Waals surface area contributed by atoms with Crippen LogP contribution >= 0.6 is 0 Å². The molecular weight excluding hydrogens is 660 g/mol. The van der Waals surface area contributed by atoms with Gasteiger partial charge in [0.05, 0.1) is 25.4 Å². The number of ketones is 4. The zero-order chi connectivity index (χ0) is 36.8. The first kappa shape index (κ1) is 36.9. The van der Waals surface area contributed by atoms with Gasteiger partial charge in [-0.2, -0.15) is 0 Å². The van der Waals surface area contributed by atoms with E-state index in [9.17, 15) is 34.5 Å². The first-order chi connectivity index (χ1) is 24.8. The van der Waals surface area contributed by atoms with Crippen molar-refractivity contribution < 1.29 is 44.3 Å². The van der Waals surface area contributed by atoms with Crippen molar-refractivity contribution in [2.45, 2.75) is 129 Å². The molecule has 0 aromatic heterocycles. The summed E-state index contributed by atoms with van der Waals surface area (Å²) in [6, 6.07) is 0. The molecule has 6 unspecified atom stereocenters. The van der Waals surface area contributed by atoms with E-state index in [1.165, 1.54) is 5.57 Å². The summed E-state index contributed by atoms with van der Waals surface area (Å²) in [5.41, 5.74) is 0.600. The second-order valence-electron chi connectivity index (χ2n) is 19.0. The maximum atomic E-state index is 13.6. The Morgan fingerprint density at radius 3 is 1.56 bits per heavy atom. The number of carbonyl (C=O) groups is 4. The first-order valence-corrected chi connectivity index (χ1v) is 20.6. The number of hydrogen-bond acceptors (Lipinski definition) is 9. The van der Waals surface area contributed by atoms with Crippen molar-refractivity contribution in [2.75, 3.05) is 19.8 Å². The van der Waals surface area contributed by atoms with E-state index in [1.54, 1.807) is 0 Å². The number of rotatable bonds is 9. The summed E-state index contributed by atoms with van der Waals surface area (Å²) >= 11 is 0. The monoisotopic (exact) mass is 720 g/mol. The van der Waals surface area contributed by atoms with Crippen LogP contribution in [0.3, 0.4) is 0 Å². The zero-order valence-corrected chi connectivity index (χ0v) is 31.4. The van der Waals surface area contributed by atoms with E-state index < -0.39 is 35.6 Å². The molecule has 3 N–H and O–H groups in total. The van der Waals surface area contributed by atoms with Gasteiger partial charge in [-0.3, -0.25) is 19.2 Å². The van der Waals surface area contributed by atoms with Crippen molar-refractivity contribution in [3.63, 3.8) is 0 Å². The number of aliphatic hydroxyl groups is 3. The van der Waals surface area contributed by atoms with Crippen molar-refractivity contribution in [1.29, 1.82) is 0 Å². The Labute approximate surface area is 308 Å². The van der Waals surface area contributed by atoms with E-state index >= 15 is 0 Å². The molecule has 0 radical (unpaired) electrons. The van der Waals surface area contributed by atoms with Gasteiger partial charge < -0.3 is 15.3 Å². The molecule has 14 atom stereocenters. The molecule has 0 aromatic carbocycles.